The number of amides is 1. The summed E-state index contributed by atoms with van der Waals surface area (Å²) in [6, 6.07) is 0.238. The van der Waals surface area contributed by atoms with E-state index in [0.717, 1.165) is 30.8 Å². The number of aliphatic hydroxyl groups is 1. The summed E-state index contributed by atoms with van der Waals surface area (Å²) in [5, 5.41) is 9.86. The van der Waals surface area contributed by atoms with E-state index >= 15 is 0 Å². The van der Waals surface area contributed by atoms with Crippen LogP contribution in [0.3, 0.4) is 0 Å². The summed E-state index contributed by atoms with van der Waals surface area (Å²) in [5.41, 5.74) is 11.4. The van der Waals surface area contributed by atoms with E-state index in [9.17, 15) is 4.79 Å². The van der Waals surface area contributed by atoms with Crippen molar-refractivity contribution in [3.05, 3.63) is 5.56 Å². The van der Waals surface area contributed by atoms with Crippen LogP contribution >= 0.6 is 11.5 Å². The van der Waals surface area contributed by atoms with Crippen LogP contribution in [-0.2, 0) is 0 Å². The molecule has 5 N–H and O–H groups in total. The molecule has 18 heavy (non-hydrogen) atoms. The molecule has 1 amide bonds. The van der Waals surface area contributed by atoms with Crippen molar-refractivity contribution < 1.29 is 9.90 Å². The highest BCUT2D eigenvalue weighted by molar-refractivity contribution is 7.11. The minimum atomic E-state index is -0.537. The molecule has 1 saturated heterocycles. The Hall–Kier alpha value is -1.34. The largest absolute Gasteiger partial charge is 0.396 e. The molecule has 1 fully saturated rings. The fourth-order valence-electron chi connectivity index (χ4n) is 2.44. The van der Waals surface area contributed by atoms with Gasteiger partial charge in [0, 0.05) is 19.2 Å². The van der Waals surface area contributed by atoms with Gasteiger partial charge in [-0.1, -0.05) is 0 Å². The number of nitrogen functional groups attached to an aromatic ring is 1. The highest BCUT2D eigenvalue weighted by Gasteiger charge is 2.28. The Kier molecular flexibility index (Phi) is 4.03. The Balaban J connectivity index is 2.30. The number of nitrogens with zero attached hydrogens (tertiary/aromatic N) is 2. The van der Waals surface area contributed by atoms with E-state index in [1.54, 1.807) is 0 Å². The second-order valence-corrected chi connectivity index (χ2v) is 5.22. The Labute approximate surface area is 110 Å². The number of aromatic nitrogens is 1. The van der Waals surface area contributed by atoms with Gasteiger partial charge in [-0.3, -0.25) is 4.79 Å². The molecule has 0 aromatic carbocycles. The molecule has 0 saturated carbocycles. The SMILES string of the molecule is NC(=O)c1c(N)nsc1N1CCCCC1CCO. The van der Waals surface area contributed by atoms with E-state index in [1.165, 1.54) is 11.5 Å². The lowest BCUT2D eigenvalue weighted by Crippen LogP contribution is -2.40. The van der Waals surface area contributed by atoms with Gasteiger partial charge in [0.1, 0.15) is 10.6 Å². The van der Waals surface area contributed by atoms with Crippen molar-refractivity contribution in [2.75, 3.05) is 23.8 Å². The molecule has 0 radical (unpaired) electrons. The van der Waals surface area contributed by atoms with Crippen molar-refractivity contribution in [1.29, 1.82) is 0 Å². The number of hydrogen-bond acceptors (Lipinski definition) is 6. The van der Waals surface area contributed by atoms with Gasteiger partial charge in [0.25, 0.3) is 5.91 Å². The maximum Gasteiger partial charge on any atom is 0.255 e. The molecule has 1 atom stereocenters. The third kappa shape index (κ3) is 2.41. The zero-order valence-electron chi connectivity index (χ0n) is 10.1. The molecule has 0 spiro atoms. The molecule has 100 valence electrons. The standard InChI is InChI=1S/C11H18N4O2S/c12-9-8(10(13)17)11(18-14-9)15-5-2-1-3-7(15)4-6-16/h7,16H,1-6H2,(H2,12,14)(H2,13,17). The first-order valence-electron chi connectivity index (χ1n) is 6.07. The van der Waals surface area contributed by atoms with E-state index in [2.05, 4.69) is 9.27 Å². The van der Waals surface area contributed by atoms with Crippen LogP contribution in [0.4, 0.5) is 10.8 Å². The smallest absolute Gasteiger partial charge is 0.255 e. The van der Waals surface area contributed by atoms with E-state index in [1.807, 2.05) is 0 Å². The van der Waals surface area contributed by atoms with Crippen LogP contribution < -0.4 is 16.4 Å². The number of anilines is 2. The number of rotatable bonds is 4. The average molecular weight is 270 g/mol. The molecule has 1 aliphatic rings. The molecule has 6 nitrogen and oxygen atoms in total. The summed E-state index contributed by atoms with van der Waals surface area (Å²) in [5.74, 6) is -0.333. The first-order valence-corrected chi connectivity index (χ1v) is 6.85. The van der Waals surface area contributed by atoms with Crippen molar-refractivity contribution in [2.45, 2.75) is 31.7 Å². The number of aliphatic hydroxyl groups excluding tert-OH is 1. The number of carbonyl (C=O) groups is 1. The summed E-state index contributed by atoms with van der Waals surface area (Å²) in [6.07, 6.45) is 3.91. The van der Waals surface area contributed by atoms with Crippen LogP contribution in [0.1, 0.15) is 36.0 Å². The topological polar surface area (TPSA) is 105 Å². The van der Waals surface area contributed by atoms with E-state index in [4.69, 9.17) is 16.6 Å². The van der Waals surface area contributed by atoms with Gasteiger partial charge in [-0.05, 0) is 37.2 Å². The predicted octanol–water partition coefficient (Wildman–Crippen LogP) is 0.565. The van der Waals surface area contributed by atoms with Crippen molar-refractivity contribution in [3.8, 4) is 0 Å². The number of primary amides is 1. The van der Waals surface area contributed by atoms with Gasteiger partial charge in [-0.25, -0.2) is 0 Å². The van der Waals surface area contributed by atoms with Gasteiger partial charge in [0.05, 0.1) is 0 Å². The maximum absolute atomic E-state index is 11.4. The Morgan fingerprint density at radius 2 is 2.33 bits per heavy atom. The second kappa shape index (κ2) is 5.53. The fourth-order valence-corrected chi connectivity index (χ4v) is 3.36. The first-order chi connectivity index (χ1) is 8.65. The van der Waals surface area contributed by atoms with Crippen LogP contribution in [-0.4, -0.2) is 34.6 Å². The molecule has 1 aliphatic heterocycles. The number of carbonyl (C=O) groups excluding carboxylic acids is 1. The third-order valence-corrected chi connectivity index (χ3v) is 4.20. The lowest BCUT2D eigenvalue weighted by Gasteiger charge is -2.36. The van der Waals surface area contributed by atoms with Crippen LogP contribution in [0, 0.1) is 0 Å². The van der Waals surface area contributed by atoms with Gasteiger partial charge in [-0.15, -0.1) is 0 Å². The molecule has 0 bridgehead atoms. The highest BCUT2D eigenvalue weighted by Crippen LogP contribution is 2.35. The third-order valence-electron chi connectivity index (χ3n) is 3.30. The van der Waals surface area contributed by atoms with Gasteiger partial charge < -0.3 is 21.5 Å². The lowest BCUT2D eigenvalue weighted by molar-refractivity contribution is 0.100. The molecule has 7 heteroatoms. The Morgan fingerprint density at radius 3 is 3.00 bits per heavy atom. The van der Waals surface area contributed by atoms with Crippen LogP contribution in [0.5, 0.6) is 0 Å². The summed E-state index contributed by atoms with van der Waals surface area (Å²) < 4.78 is 4.02. The summed E-state index contributed by atoms with van der Waals surface area (Å²) in [6.45, 7) is 0.994. The molecule has 1 aromatic rings. The van der Waals surface area contributed by atoms with Gasteiger partial charge in [0.15, 0.2) is 5.82 Å². The zero-order valence-corrected chi connectivity index (χ0v) is 10.9. The van der Waals surface area contributed by atoms with E-state index in [-0.39, 0.29) is 18.5 Å². The average Bonchev–Trinajstić information content (AvgIpc) is 2.72. The molecule has 2 rings (SSSR count). The number of nitrogens with two attached hydrogens (primary N) is 2. The number of hydrogen-bond donors (Lipinski definition) is 3. The van der Waals surface area contributed by atoms with E-state index < -0.39 is 5.91 Å². The zero-order chi connectivity index (χ0) is 13.1. The first kappa shape index (κ1) is 13.1. The van der Waals surface area contributed by atoms with Crippen LogP contribution in [0.2, 0.25) is 0 Å². The van der Waals surface area contributed by atoms with Gasteiger partial charge in [-0.2, -0.15) is 4.37 Å². The number of piperidine rings is 1. The monoisotopic (exact) mass is 270 g/mol. The van der Waals surface area contributed by atoms with Gasteiger partial charge >= 0.3 is 0 Å². The minimum absolute atomic E-state index is 0.140. The summed E-state index contributed by atoms with van der Waals surface area (Å²) in [4.78, 5) is 13.6. The Bertz CT molecular complexity index is 433. The van der Waals surface area contributed by atoms with Crippen LogP contribution in [0.25, 0.3) is 0 Å². The van der Waals surface area contributed by atoms with Gasteiger partial charge in [0.2, 0.25) is 0 Å². The maximum atomic E-state index is 11.4. The normalized spacial score (nSPS) is 20.1. The lowest BCUT2D eigenvalue weighted by atomic mass is 9.99. The molecule has 1 aromatic heterocycles. The summed E-state index contributed by atoms with van der Waals surface area (Å²) >= 11 is 1.21. The molecule has 1 unspecified atom stereocenters. The molecule has 0 aliphatic carbocycles. The van der Waals surface area contributed by atoms with Crippen molar-refractivity contribution in [2.24, 2.45) is 5.73 Å². The van der Waals surface area contributed by atoms with Crippen LogP contribution in [0.15, 0.2) is 0 Å². The molecule has 2 heterocycles. The molecular weight excluding hydrogens is 252 g/mol. The highest BCUT2D eigenvalue weighted by atomic mass is 32.1. The predicted molar refractivity (Wildman–Crippen MR) is 71.7 cm³/mol. The molecular formula is C11H18N4O2S. The Morgan fingerprint density at radius 1 is 1.56 bits per heavy atom. The minimum Gasteiger partial charge on any atom is -0.396 e. The summed E-state index contributed by atoms with van der Waals surface area (Å²) in [7, 11) is 0. The quantitative estimate of drug-likeness (QED) is 0.741. The van der Waals surface area contributed by atoms with Crippen molar-refractivity contribution >= 4 is 28.3 Å². The van der Waals surface area contributed by atoms with Crippen molar-refractivity contribution in [3.63, 3.8) is 0 Å². The van der Waals surface area contributed by atoms with E-state index in [0.29, 0.717) is 12.0 Å². The van der Waals surface area contributed by atoms with Crippen molar-refractivity contribution in [1.82, 2.24) is 4.37 Å². The second-order valence-electron chi connectivity index (χ2n) is 4.47. The fraction of sp³-hybridized carbons (Fsp3) is 0.636.